The third-order valence-electron chi connectivity index (χ3n) is 3.54. The number of rotatable bonds is 7. The van der Waals surface area contributed by atoms with E-state index in [1.165, 1.54) is 0 Å². The first-order valence-electron chi connectivity index (χ1n) is 8.02. The van der Waals surface area contributed by atoms with Crippen molar-refractivity contribution in [1.82, 2.24) is 14.8 Å². The number of pyridine rings is 1. The molecule has 1 unspecified atom stereocenters. The summed E-state index contributed by atoms with van der Waals surface area (Å²) >= 11 is 8.08. The first-order valence-corrected chi connectivity index (χ1v) is 9.45. The monoisotopic (exact) mass is 366 g/mol. The summed E-state index contributed by atoms with van der Waals surface area (Å²) in [7, 11) is 0. The minimum absolute atomic E-state index is 0.0679. The number of halogens is 1. The average molecular weight is 367 g/mol. The molecule has 24 heavy (non-hydrogen) atoms. The van der Waals surface area contributed by atoms with E-state index in [4.69, 9.17) is 11.6 Å². The number of nitrogens with zero attached hydrogens (tertiary/aromatic N) is 4. The van der Waals surface area contributed by atoms with Gasteiger partial charge in [0.1, 0.15) is 5.69 Å². The van der Waals surface area contributed by atoms with Crippen molar-refractivity contribution in [3.63, 3.8) is 0 Å². The van der Waals surface area contributed by atoms with E-state index < -0.39 is 0 Å². The highest BCUT2D eigenvalue weighted by Crippen LogP contribution is 2.28. The standard InChI is InChI=1S/C17H23ClN4OS/c1-5-21(17(23)13(4)11-24-12(2)3)15-10-22(20-16(15)18)14-7-6-8-19-9-14/h6-10,12-13H,5,11H2,1-4H3. The minimum Gasteiger partial charge on any atom is -0.308 e. The molecule has 2 heterocycles. The predicted molar refractivity (Wildman–Crippen MR) is 101 cm³/mol. The Hall–Kier alpha value is -1.53. The van der Waals surface area contributed by atoms with Crippen molar-refractivity contribution in [2.45, 2.75) is 32.9 Å². The first-order chi connectivity index (χ1) is 11.4. The van der Waals surface area contributed by atoms with Crippen LogP contribution in [0.25, 0.3) is 5.69 Å². The lowest BCUT2D eigenvalue weighted by atomic mass is 10.2. The van der Waals surface area contributed by atoms with Crippen molar-refractivity contribution in [2.24, 2.45) is 5.92 Å². The lowest BCUT2D eigenvalue weighted by Crippen LogP contribution is -2.36. The Kier molecular flexibility index (Phi) is 6.69. The lowest BCUT2D eigenvalue weighted by Gasteiger charge is -2.23. The molecule has 0 aromatic carbocycles. The number of carbonyl (C=O) groups is 1. The Morgan fingerprint density at radius 1 is 1.42 bits per heavy atom. The zero-order valence-electron chi connectivity index (χ0n) is 14.4. The molecule has 0 aliphatic carbocycles. The van der Waals surface area contributed by atoms with Gasteiger partial charge in [-0.3, -0.25) is 9.78 Å². The third-order valence-corrected chi connectivity index (χ3v) is 5.16. The molecule has 1 atom stereocenters. The van der Waals surface area contributed by atoms with Gasteiger partial charge in [0, 0.05) is 24.4 Å². The fraction of sp³-hybridized carbons (Fsp3) is 0.471. The van der Waals surface area contributed by atoms with Crippen LogP contribution >= 0.6 is 23.4 Å². The van der Waals surface area contributed by atoms with E-state index in [2.05, 4.69) is 23.9 Å². The summed E-state index contributed by atoms with van der Waals surface area (Å²) in [6.07, 6.45) is 5.18. The molecule has 5 nitrogen and oxygen atoms in total. The Morgan fingerprint density at radius 2 is 2.17 bits per heavy atom. The summed E-state index contributed by atoms with van der Waals surface area (Å²) in [5.41, 5.74) is 1.44. The van der Waals surface area contributed by atoms with E-state index in [1.807, 2.05) is 26.0 Å². The van der Waals surface area contributed by atoms with Gasteiger partial charge in [-0.25, -0.2) is 4.68 Å². The van der Waals surface area contributed by atoms with Crippen LogP contribution in [0.5, 0.6) is 0 Å². The van der Waals surface area contributed by atoms with E-state index in [9.17, 15) is 4.79 Å². The van der Waals surface area contributed by atoms with E-state index in [0.29, 0.717) is 22.6 Å². The molecule has 7 heteroatoms. The molecule has 0 saturated heterocycles. The van der Waals surface area contributed by atoms with Crippen molar-refractivity contribution >= 4 is 35.0 Å². The van der Waals surface area contributed by atoms with Crippen LogP contribution in [0.15, 0.2) is 30.7 Å². The maximum Gasteiger partial charge on any atom is 0.230 e. The molecule has 0 spiro atoms. The van der Waals surface area contributed by atoms with Crippen LogP contribution in [-0.4, -0.2) is 38.2 Å². The smallest absolute Gasteiger partial charge is 0.230 e. The second-order valence-corrected chi connectivity index (χ2v) is 7.79. The minimum atomic E-state index is -0.0739. The molecule has 1 amide bonds. The second-order valence-electron chi connectivity index (χ2n) is 5.83. The van der Waals surface area contributed by atoms with Crippen LogP contribution in [0.1, 0.15) is 27.7 Å². The van der Waals surface area contributed by atoms with Gasteiger partial charge in [0.25, 0.3) is 0 Å². The van der Waals surface area contributed by atoms with E-state index in [1.54, 1.807) is 39.9 Å². The van der Waals surface area contributed by atoms with Crippen molar-refractivity contribution in [3.8, 4) is 5.69 Å². The summed E-state index contributed by atoms with van der Waals surface area (Å²) in [6.45, 7) is 8.72. The number of hydrogen-bond acceptors (Lipinski definition) is 4. The lowest BCUT2D eigenvalue weighted by molar-refractivity contribution is -0.121. The van der Waals surface area contributed by atoms with E-state index in [-0.39, 0.29) is 11.8 Å². The number of thioether (sulfide) groups is 1. The van der Waals surface area contributed by atoms with Crippen LogP contribution in [0.2, 0.25) is 5.15 Å². The zero-order chi connectivity index (χ0) is 17.7. The van der Waals surface area contributed by atoms with Gasteiger partial charge < -0.3 is 4.90 Å². The fourth-order valence-electron chi connectivity index (χ4n) is 2.27. The summed E-state index contributed by atoms with van der Waals surface area (Å²) in [6, 6.07) is 3.72. The molecule has 130 valence electrons. The van der Waals surface area contributed by atoms with Gasteiger partial charge in [0.2, 0.25) is 5.91 Å². The molecule has 0 fully saturated rings. The first kappa shape index (κ1) is 18.8. The third kappa shape index (κ3) is 4.51. The van der Waals surface area contributed by atoms with Gasteiger partial charge >= 0.3 is 0 Å². The summed E-state index contributed by atoms with van der Waals surface area (Å²) in [4.78, 5) is 18.6. The van der Waals surface area contributed by atoms with Gasteiger partial charge in [-0.05, 0) is 24.3 Å². The maximum atomic E-state index is 12.8. The van der Waals surface area contributed by atoms with Crippen LogP contribution in [0.3, 0.4) is 0 Å². The number of aromatic nitrogens is 3. The Labute approximate surface area is 152 Å². The maximum absolute atomic E-state index is 12.8. The van der Waals surface area contributed by atoms with Crippen LogP contribution in [0, 0.1) is 5.92 Å². The SMILES string of the molecule is CCN(C(=O)C(C)CSC(C)C)c1cn(-c2cccnc2)nc1Cl. The van der Waals surface area contributed by atoms with Crippen molar-refractivity contribution in [1.29, 1.82) is 0 Å². The normalized spacial score (nSPS) is 12.4. The molecule has 2 aromatic heterocycles. The number of hydrogen-bond donors (Lipinski definition) is 0. The Bertz CT molecular complexity index is 674. The molecule has 0 radical (unpaired) electrons. The van der Waals surface area contributed by atoms with Gasteiger partial charge in [-0.15, -0.1) is 0 Å². The number of carbonyl (C=O) groups excluding carboxylic acids is 1. The van der Waals surface area contributed by atoms with Crippen molar-refractivity contribution < 1.29 is 4.79 Å². The Balaban J connectivity index is 2.21. The van der Waals surface area contributed by atoms with Crippen molar-refractivity contribution in [2.75, 3.05) is 17.2 Å². The van der Waals surface area contributed by atoms with Gasteiger partial charge in [0.05, 0.1) is 18.1 Å². The molecule has 0 aliphatic rings. The van der Waals surface area contributed by atoms with Crippen LogP contribution in [-0.2, 0) is 4.79 Å². The molecule has 2 aromatic rings. The van der Waals surface area contributed by atoms with E-state index in [0.717, 1.165) is 11.4 Å². The average Bonchev–Trinajstić information content (AvgIpc) is 2.96. The second kappa shape index (κ2) is 8.53. The molecular formula is C17H23ClN4OS. The summed E-state index contributed by atoms with van der Waals surface area (Å²) < 4.78 is 1.65. The van der Waals surface area contributed by atoms with E-state index >= 15 is 0 Å². The van der Waals surface area contributed by atoms with Crippen LogP contribution in [0.4, 0.5) is 5.69 Å². The molecule has 0 bridgehead atoms. The summed E-state index contributed by atoms with van der Waals surface area (Å²) in [5.74, 6) is 0.787. The molecule has 0 N–H and O–H groups in total. The highest BCUT2D eigenvalue weighted by molar-refractivity contribution is 7.99. The number of anilines is 1. The molecule has 0 aliphatic heterocycles. The molecular weight excluding hydrogens is 344 g/mol. The number of amides is 1. The van der Waals surface area contributed by atoms with Crippen LogP contribution < -0.4 is 4.90 Å². The molecule has 2 rings (SSSR count). The van der Waals surface area contributed by atoms with Gasteiger partial charge in [0.15, 0.2) is 5.15 Å². The van der Waals surface area contributed by atoms with Gasteiger partial charge in [-0.2, -0.15) is 16.9 Å². The fourth-order valence-corrected chi connectivity index (χ4v) is 3.31. The van der Waals surface area contributed by atoms with Gasteiger partial charge in [-0.1, -0.05) is 32.4 Å². The predicted octanol–water partition coefficient (Wildman–Crippen LogP) is 4.05. The topological polar surface area (TPSA) is 51.0 Å². The quantitative estimate of drug-likeness (QED) is 0.741. The van der Waals surface area contributed by atoms with Crippen molar-refractivity contribution in [3.05, 3.63) is 35.9 Å². The Morgan fingerprint density at radius 3 is 2.75 bits per heavy atom. The highest BCUT2D eigenvalue weighted by atomic mass is 35.5. The molecule has 0 saturated carbocycles. The highest BCUT2D eigenvalue weighted by Gasteiger charge is 2.24. The largest absolute Gasteiger partial charge is 0.308 e. The summed E-state index contributed by atoms with van der Waals surface area (Å²) in [5, 5.41) is 5.13. The zero-order valence-corrected chi connectivity index (χ0v) is 16.0.